The van der Waals surface area contributed by atoms with Crippen molar-refractivity contribution in [3.63, 3.8) is 0 Å². The van der Waals surface area contributed by atoms with Crippen LogP contribution < -0.4 is 0 Å². The van der Waals surface area contributed by atoms with E-state index in [4.69, 9.17) is 9.26 Å². The molecule has 30 heavy (non-hydrogen) atoms. The predicted molar refractivity (Wildman–Crippen MR) is 115 cm³/mol. The Hall–Kier alpha value is -3.70. The molecule has 0 spiro atoms. The highest BCUT2D eigenvalue weighted by molar-refractivity contribution is 5.89. The molecule has 0 aliphatic carbocycles. The van der Waals surface area contributed by atoms with Crippen LogP contribution in [0, 0.1) is 6.92 Å². The van der Waals surface area contributed by atoms with E-state index in [1.807, 2.05) is 36.4 Å². The molecule has 4 rings (SSSR count). The van der Waals surface area contributed by atoms with Crippen molar-refractivity contribution in [3.8, 4) is 33.7 Å². The topological polar surface area (TPSA) is 72.6 Å². The zero-order chi connectivity index (χ0) is 21.1. The third kappa shape index (κ3) is 3.75. The van der Waals surface area contributed by atoms with Gasteiger partial charge in [0.15, 0.2) is 5.76 Å². The molecule has 1 heterocycles. The number of aromatic carboxylic acids is 1. The van der Waals surface area contributed by atoms with Gasteiger partial charge in [-0.1, -0.05) is 59.8 Å². The lowest BCUT2D eigenvalue weighted by molar-refractivity contribution is 0.0697. The van der Waals surface area contributed by atoms with Crippen molar-refractivity contribution >= 4 is 5.97 Å². The smallest absolute Gasteiger partial charge is 0.335 e. The van der Waals surface area contributed by atoms with E-state index in [0.29, 0.717) is 23.6 Å². The number of nitrogens with zero attached hydrogens (tertiary/aromatic N) is 1. The summed E-state index contributed by atoms with van der Waals surface area (Å²) in [5, 5.41) is 13.4. The fraction of sp³-hybridized carbons (Fsp3) is 0.120. The molecule has 0 aliphatic rings. The van der Waals surface area contributed by atoms with Gasteiger partial charge in [0, 0.05) is 24.3 Å². The first-order chi connectivity index (χ1) is 14.6. The number of ether oxygens (including phenoxy) is 1. The van der Waals surface area contributed by atoms with Gasteiger partial charge in [0.1, 0.15) is 5.69 Å². The Morgan fingerprint density at radius 1 is 0.967 bits per heavy atom. The summed E-state index contributed by atoms with van der Waals surface area (Å²) >= 11 is 0. The minimum absolute atomic E-state index is 0.209. The molecule has 0 unspecified atom stereocenters. The molecule has 1 aromatic heterocycles. The van der Waals surface area contributed by atoms with Gasteiger partial charge in [0.2, 0.25) is 0 Å². The predicted octanol–water partition coefficient (Wildman–Crippen LogP) is 5.83. The van der Waals surface area contributed by atoms with Crippen molar-refractivity contribution < 1.29 is 19.2 Å². The standard InChI is InChI=1S/C25H21NO4/c1-16-20(17-7-4-3-5-8-17)11-12-21(22(16)15-29-2)24-14-23(26-30-24)18-9-6-10-19(13-18)25(27)28/h3-14H,15H2,1-2H3,(H,27,28). The normalized spacial score (nSPS) is 10.9. The molecule has 5 nitrogen and oxygen atoms in total. The molecule has 0 radical (unpaired) electrons. The molecule has 0 saturated heterocycles. The van der Waals surface area contributed by atoms with Crippen LogP contribution in [0.15, 0.2) is 77.3 Å². The first kappa shape index (κ1) is 19.6. The van der Waals surface area contributed by atoms with Crippen LogP contribution in [0.3, 0.4) is 0 Å². The number of rotatable bonds is 6. The van der Waals surface area contributed by atoms with E-state index in [2.05, 4.69) is 30.3 Å². The van der Waals surface area contributed by atoms with Crippen LogP contribution in [0.5, 0.6) is 0 Å². The van der Waals surface area contributed by atoms with Crippen LogP contribution in [0.25, 0.3) is 33.7 Å². The van der Waals surface area contributed by atoms with E-state index in [9.17, 15) is 9.90 Å². The Morgan fingerprint density at radius 3 is 2.43 bits per heavy atom. The summed E-state index contributed by atoms with van der Waals surface area (Å²) in [6, 6.07) is 22.8. The second kappa shape index (κ2) is 8.35. The monoisotopic (exact) mass is 399 g/mol. The summed E-state index contributed by atoms with van der Waals surface area (Å²) in [7, 11) is 1.67. The second-order valence-corrected chi connectivity index (χ2v) is 7.03. The number of aromatic nitrogens is 1. The fourth-order valence-corrected chi connectivity index (χ4v) is 3.60. The number of methoxy groups -OCH3 is 1. The van der Waals surface area contributed by atoms with E-state index in [1.54, 1.807) is 25.3 Å². The molecule has 0 aliphatic heterocycles. The lowest BCUT2D eigenvalue weighted by atomic mass is 9.92. The van der Waals surface area contributed by atoms with E-state index in [1.165, 1.54) is 0 Å². The molecule has 0 fully saturated rings. The van der Waals surface area contributed by atoms with E-state index >= 15 is 0 Å². The summed E-state index contributed by atoms with van der Waals surface area (Å²) in [5.74, 6) is -0.365. The highest BCUT2D eigenvalue weighted by Gasteiger charge is 2.17. The molecule has 3 aromatic carbocycles. The van der Waals surface area contributed by atoms with Gasteiger partial charge < -0.3 is 14.4 Å². The minimum Gasteiger partial charge on any atom is -0.478 e. The van der Waals surface area contributed by atoms with Crippen LogP contribution in [0.4, 0.5) is 0 Å². The van der Waals surface area contributed by atoms with Crippen molar-refractivity contribution in [1.29, 1.82) is 0 Å². The number of carbonyl (C=O) groups is 1. The van der Waals surface area contributed by atoms with Crippen LogP contribution in [-0.2, 0) is 11.3 Å². The zero-order valence-electron chi connectivity index (χ0n) is 16.8. The van der Waals surface area contributed by atoms with Gasteiger partial charge >= 0.3 is 5.97 Å². The molecule has 150 valence electrons. The molecule has 0 atom stereocenters. The first-order valence-corrected chi connectivity index (χ1v) is 9.56. The minimum atomic E-state index is -0.977. The van der Waals surface area contributed by atoms with Crippen LogP contribution >= 0.6 is 0 Å². The van der Waals surface area contributed by atoms with Gasteiger partial charge in [-0.15, -0.1) is 0 Å². The van der Waals surface area contributed by atoms with Gasteiger partial charge in [0.25, 0.3) is 0 Å². The van der Waals surface area contributed by atoms with Crippen LogP contribution in [0.1, 0.15) is 21.5 Å². The van der Waals surface area contributed by atoms with Crippen LogP contribution in [-0.4, -0.2) is 23.3 Å². The second-order valence-electron chi connectivity index (χ2n) is 7.03. The SMILES string of the molecule is COCc1c(-c2cc(-c3cccc(C(=O)O)c3)no2)ccc(-c2ccccc2)c1C. The third-order valence-electron chi connectivity index (χ3n) is 5.15. The number of hydrogen-bond donors (Lipinski definition) is 1. The van der Waals surface area contributed by atoms with Gasteiger partial charge in [0.05, 0.1) is 12.2 Å². The van der Waals surface area contributed by atoms with Crippen molar-refractivity contribution in [2.75, 3.05) is 7.11 Å². The van der Waals surface area contributed by atoms with Gasteiger partial charge in [-0.25, -0.2) is 4.79 Å². The van der Waals surface area contributed by atoms with Gasteiger partial charge in [-0.3, -0.25) is 0 Å². The molecule has 0 bridgehead atoms. The highest BCUT2D eigenvalue weighted by Crippen LogP contribution is 2.35. The van der Waals surface area contributed by atoms with Gasteiger partial charge in [-0.05, 0) is 41.3 Å². The number of carboxylic acid groups (broad SMARTS) is 1. The quantitative estimate of drug-likeness (QED) is 0.442. The summed E-state index contributed by atoms with van der Waals surface area (Å²) in [6.07, 6.45) is 0. The number of carboxylic acids is 1. The molecule has 4 aromatic rings. The van der Waals surface area contributed by atoms with Crippen molar-refractivity contribution in [3.05, 3.63) is 89.5 Å². The van der Waals surface area contributed by atoms with Crippen molar-refractivity contribution in [2.24, 2.45) is 0 Å². The van der Waals surface area contributed by atoms with E-state index < -0.39 is 5.97 Å². The summed E-state index contributed by atoms with van der Waals surface area (Å²) in [4.78, 5) is 11.3. The Kier molecular flexibility index (Phi) is 5.46. The zero-order valence-corrected chi connectivity index (χ0v) is 16.8. The molecule has 0 saturated carbocycles. The average molecular weight is 399 g/mol. The molecular weight excluding hydrogens is 378 g/mol. The maximum atomic E-state index is 11.3. The Balaban J connectivity index is 1.77. The van der Waals surface area contributed by atoms with Crippen LogP contribution in [0.2, 0.25) is 0 Å². The lowest BCUT2D eigenvalue weighted by Gasteiger charge is -2.15. The molecule has 1 N–H and O–H groups in total. The fourth-order valence-electron chi connectivity index (χ4n) is 3.60. The largest absolute Gasteiger partial charge is 0.478 e. The lowest BCUT2D eigenvalue weighted by Crippen LogP contribution is -1.98. The molecule has 0 amide bonds. The maximum absolute atomic E-state index is 11.3. The Bertz CT molecular complexity index is 1200. The third-order valence-corrected chi connectivity index (χ3v) is 5.15. The maximum Gasteiger partial charge on any atom is 0.335 e. The van der Waals surface area contributed by atoms with Crippen molar-refractivity contribution in [2.45, 2.75) is 13.5 Å². The molecular formula is C25H21NO4. The number of hydrogen-bond acceptors (Lipinski definition) is 4. The van der Waals surface area contributed by atoms with E-state index in [0.717, 1.165) is 27.8 Å². The average Bonchev–Trinajstić information content (AvgIpc) is 3.26. The van der Waals surface area contributed by atoms with Crippen molar-refractivity contribution in [1.82, 2.24) is 5.16 Å². The number of benzene rings is 3. The first-order valence-electron chi connectivity index (χ1n) is 9.56. The van der Waals surface area contributed by atoms with Gasteiger partial charge in [-0.2, -0.15) is 0 Å². The molecule has 5 heteroatoms. The summed E-state index contributed by atoms with van der Waals surface area (Å²) in [6.45, 7) is 2.51. The highest BCUT2D eigenvalue weighted by atomic mass is 16.5. The summed E-state index contributed by atoms with van der Waals surface area (Å²) in [5.41, 5.74) is 6.81. The Morgan fingerprint density at radius 2 is 1.70 bits per heavy atom. The van der Waals surface area contributed by atoms with E-state index in [-0.39, 0.29) is 5.56 Å². The Labute approximate surface area is 174 Å². The summed E-state index contributed by atoms with van der Waals surface area (Å²) < 4.78 is 11.1.